The molecule has 30 heavy (non-hydrogen) atoms. The molecule has 0 N–H and O–H groups in total. The van der Waals surface area contributed by atoms with Crippen molar-refractivity contribution in [2.75, 3.05) is 33.3 Å². The zero-order chi connectivity index (χ0) is 21.1. The SMILES string of the molecule is COc1cccc(-n2cnn(CN3CCN(S(=O)(=O)c4ccccc4)CC3)c2=S)c1. The predicted octanol–water partition coefficient (Wildman–Crippen LogP) is 2.38. The van der Waals surface area contributed by atoms with Crippen molar-refractivity contribution in [3.63, 3.8) is 0 Å². The van der Waals surface area contributed by atoms with E-state index >= 15 is 0 Å². The van der Waals surface area contributed by atoms with Gasteiger partial charge >= 0.3 is 0 Å². The third-order valence-corrected chi connectivity index (χ3v) is 7.43. The molecule has 0 radical (unpaired) electrons. The molecule has 3 aromatic rings. The Bertz CT molecular complexity index is 1170. The van der Waals surface area contributed by atoms with Crippen LogP contribution in [-0.2, 0) is 16.7 Å². The van der Waals surface area contributed by atoms with E-state index in [-0.39, 0.29) is 0 Å². The molecule has 10 heteroatoms. The number of hydrogen-bond acceptors (Lipinski definition) is 6. The number of piperazine rings is 1. The van der Waals surface area contributed by atoms with Crippen LogP contribution in [0.4, 0.5) is 0 Å². The molecular weight excluding hydrogens is 422 g/mol. The molecule has 1 saturated heterocycles. The van der Waals surface area contributed by atoms with Crippen molar-refractivity contribution in [2.24, 2.45) is 0 Å². The van der Waals surface area contributed by atoms with E-state index in [9.17, 15) is 8.42 Å². The summed E-state index contributed by atoms with van der Waals surface area (Å²) < 4.78 is 36.5. The highest BCUT2D eigenvalue weighted by molar-refractivity contribution is 7.89. The molecule has 8 nitrogen and oxygen atoms in total. The van der Waals surface area contributed by atoms with E-state index in [4.69, 9.17) is 17.0 Å². The lowest BCUT2D eigenvalue weighted by Gasteiger charge is -2.33. The Kier molecular flexibility index (Phi) is 6.00. The van der Waals surface area contributed by atoms with Gasteiger partial charge in [-0.05, 0) is 36.5 Å². The Morgan fingerprint density at radius 1 is 1.03 bits per heavy atom. The minimum atomic E-state index is -3.46. The largest absolute Gasteiger partial charge is 0.497 e. The van der Waals surface area contributed by atoms with Crippen LogP contribution in [0.2, 0.25) is 0 Å². The van der Waals surface area contributed by atoms with Gasteiger partial charge in [0.2, 0.25) is 14.8 Å². The maximum Gasteiger partial charge on any atom is 0.243 e. The first-order valence-electron chi connectivity index (χ1n) is 9.55. The summed E-state index contributed by atoms with van der Waals surface area (Å²) in [4.78, 5) is 2.48. The molecule has 0 amide bonds. The minimum absolute atomic E-state index is 0.331. The lowest BCUT2D eigenvalue weighted by atomic mass is 10.3. The Hall–Kier alpha value is -2.53. The van der Waals surface area contributed by atoms with Gasteiger partial charge in [0.25, 0.3) is 0 Å². The van der Waals surface area contributed by atoms with Crippen LogP contribution in [0, 0.1) is 4.77 Å². The fourth-order valence-electron chi connectivity index (χ4n) is 3.41. The molecule has 0 aliphatic carbocycles. The summed E-state index contributed by atoms with van der Waals surface area (Å²) in [5.41, 5.74) is 0.879. The summed E-state index contributed by atoms with van der Waals surface area (Å²) in [7, 11) is -1.83. The highest BCUT2D eigenvalue weighted by Crippen LogP contribution is 2.19. The lowest BCUT2D eigenvalue weighted by Crippen LogP contribution is -2.48. The molecule has 1 aromatic heterocycles. The molecule has 0 bridgehead atoms. The number of sulfonamides is 1. The molecule has 4 rings (SSSR count). The monoisotopic (exact) mass is 445 g/mol. The number of hydrogen-bond donors (Lipinski definition) is 0. The third-order valence-electron chi connectivity index (χ3n) is 5.11. The van der Waals surface area contributed by atoms with Crippen molar-refractivity contribution in [1.29, 1.82) is 0 Å². The van der Waals surface area contributed by atoms with Crippen LogP contribution in [0.3, 0.4) is 0 Å². The Balaban J connectivity index is 1.42. The van der Waals surface area contributed by atoms with Gasteiger partial charge in [-0.25, -0.2) is 13.1 Å². The normalized spacial score (nSPS) is 15.9. The highest BCUT2D eigenvalue weighted by atomic mass is 32.2. The first kappa shape index (κ1) is 20.7. The van der Waals surface area contributed by atoms with Crippen LogP contribution in [-0.4, -0.2) is 65.3 Å². The maximum atomic E-state index is 12.8. The van der Waals surface area contributed by atoms with E-state index in [1.807, 2.05) is 34.9 Å². The molecule has 1 aliphatic rings. The molecule has 0 saturated carbocycles. The van der Waals surface area contributed by atoms with Crippen LogP contribution >= 0.6 is 12.2 Å². The molecule has 158 valence electrons. The Morgan fingerprint density at radius 2 is 1.77 bits per heavy atom. The van der Waals surface area contributed by atoms with Gasteiger partial charge < -0.3 is 4.74 Å². The number of aromatic nitrogens is 3. The molecule has 2 heterocycles. The van der Waals surface area contributed by atoms with Crippen molar-refractivity contribution < 1.29 is 13.2 Å². The molecule has 2 aromatic carbocycles. The highest BCUT2D eigenvalue weighted by Gasteiger charge is 2.28. The molecule has 1 aliphatic heterocycles. The van der Waals surface area contributed by atoms with Gasteiger partial charge in [-0.15, -0.1) is 0 Å². The van der Waals surface area contributed by atoms with E-state index in [1.165, 1.54) is 4.31 Å². The van der Waals surface area contributed by atoms with Gasteiger partial charge in [0.15, 0.2) is 0 Å². The molecule has 0 atom stereocenters. The first-order chi connectivity index (χ1) is 14.5. The van der Waals surface area contributed by atoms with Crippen LogP contribution in [0.5, 0.6) is 5.75 Å². The number of methoxy groups -OCH3 is 1. The zero-order valence-corrected chi connectivity index (χ0v) is 18.2. The zero-order valence-electron chi connectivity index (χ0n) is 16.6. The molecule has 0 spiro atoms. The fourth-order valence-corrected chi connectivity index (χ4v) is 5.11. The summed E-state index contributed by atoms with van der Waals surface area (Å²) in [6, 6.07) is 16.2. The molecule has 0 unspecified atom stereocenters. The van der Waals surface area contributed by atoms with Crippen LogP contribution in [0.25, 0.3) is 5.69 Å². The van der Waals surface area contributed by atoms with Crippen molar-refractivity contribution >= 4 is 22.2 Å². The summed E-state index contributed by atoms with van der Waals surface area (Å²) in [5, 5.41) is 4.42. The summed E-state index contributed by atoms with van der Waals surface area (Å²) >= 11 is 5.59. The van der Waals surface area contributed by atoms with Gasteiger partial charge in [-0.1, -0.05) is 24.3 Å². The van der Waals surface area contributed by atoms with Crippen molar-refractivity contribution in [2.45, 2.75) is 11.6 Å². The van der Waals surface area contributed by atoms with Gasteiger partial charge in [-0.2, -0.15) is 9.40 Å². The number of ether oxygens (including phenoxy) is 1. The van der Waals surface area contributed by atoms with Gasteiger partial charge in [0, 0.05) is 32.2 Å². The van der Waals surface area contributed by atoms with E-state index in [1.54, 1.807) is 42.4 Å². The minimum Gasteiger partial charge on any atom is -0.497 e. The second-order valence-corrected chi connectivity index (χ2v) is 9.26. The summed E-state index contributed by atoms with van der Waals surface area (Å²) in [6.07, 6.45) is 1.69. The smallest absolute Gasteiger partial charge is 0.243 e. The van der Waals surface area contributed by atoms with Crippen molar-refractivity contribution in [1.82, 2.24) is 23.6 Å². The number of rotatable bonds is 6. The van der Waals surface area contributed by atoms with Crippen LogP contribution < -0.4 is 4.74 Å². The van der Waals surface area contributed by atoms with E-state index in [0.29, 0.717) is 42.5 Å². The quantitative estimate of drug-likeness (QED) is 0.543. The van der Waals surface area contributed by atoms with E-state index < -0.39 is 10.0 Å². The summed E-state index contributed by atoms with van der Waals surface area (Å²) in [5.74, 6) is 0.748. The average Bonchev–Trinajstić information content (AvgIpc) is 3.15. The predicted molar refractivity (Wildman–Crippen MR) is 116 cm³/mol. The fraction of sp³-hybridized carbons (Fsp3) is 0.300. The second kappa shape index (κ2) is 8.68. The number of nitrogens with zero attached hydrogens (tertiary/aromatic N) is 5. The lowest BCUT2D eigenvalue weighted by molar-refractivity contribution is 0.144. The van der Waals surface area contributed by atoms with Crippen LogP contribution in [0.1, 0.15) is 0 Å². The topological polar surface area (TPSA) is 72.6 Å². The van der Waals surface area contributed by atoms with Crippen molar-refractivity contribution in [3.05, 3.63) is 65.7 Å². The average molecular weight is 446 g/mol. The van der Waals surface area contributed by atoms with Crippen molar-refractivity contribution in [3.8, 4) is 11.4 Å². The summed E-state index contributed by atoms with van der Waals surface area (Å²) in [6.45, 7) is 2.59. The Labute approximate surface area is 181 Å². The molecule has 1 fully saturated rings. The van der Waals surface area contributed by atoms with Gasteiger partial charge in [0.1, 0.15) is 12.1 Å². The van der Waals surface area contributed by atoms with E-state index in [2.05, 4.69) is 10.00 Å². The third kappa shape index (κ3) is 4.17. The maximum absolute atomic E-state index is 12.8. The Morgan fingerprint density at radius 3 is 2.47 bits per heavy atom. The van der Waals surface area contributed by atoms with E-state index in [0.717, 1.165) is 11.4 Å². The molecular formula is C20H23N5O3S2. The second-order valence-electron chi connectivity index (χ2n) is 6.96. The first-order valence-corrected chi connectivity index (χ1v) is 11.4. The van der Waals surface area contributed by atoms with Gasteiger partial charge in [-0.3, -0.25) is 9.47 Å². The number of benzene rings is 2. The van der Waals surface area contributed by atoms with Gasteiger partial charge in [0.05, 0.1) is 24.4 Å². The standard InChI is InChI=1S/C20H23N5O3S2/c1-28-18-7-5-6-17(14-18)24-15-21-25(20(24)29)16-22-10-12-23(13-11-22)30(26,27)19-8-3-2-4-9-19/h2-9,14-15H,10-13,16H2,1H3. The van der Waals surface area contributed by atoms with Crippen LogP contribution in [0.15, 0.2) is 65.8 Å².